The lowest BCUT2D eigenvalue weighted by Crippen LogP contribution is -2.42. The minimum absolute atomic E-state index is 0.0387. The molecular weight excluding hydrogens is 358 g/mol. The second-order valence-electron chi connectivity index (χ2n) is 6.44. The molecule has 1 amide bonds. The first-order chi connectivity index (χ1) is 12.5. The van der Waals surface area contributed by atoms with Crippen LogP contribution in [-0.4, -0.2) is 58.3 Å². The Labute approximate surface area is 161 Å². The predicted molar refractivity (Wildman–Crippen MR) is 103 cm³/mol. The molecule has 0 saturated heterocycles. The first-order valence-electron chi connectivity index (χ1n) is 9.56. The van der Waals surface area contributed by atoms with Crippen molar-refractivity contribution in [2.24, 2.45) is 0 Å². The zero-order valence-corrected chi connectivity index (χ0v) is 16.6. The zero-order valence-electron chi connectivity index (χ0n) is 15.8. The van der Waals surface area contributed by atoms with Crippen molar-refractivity contribution in [1.82, 2.24) is 5.32 Å². The van der Waals surface area contributed by atoms with Crippen molar-refractivity contribution in [1.29, 1.82) is 0 Å². The third-order valence-electron chi connectivity index (χ3n) is 3.93. The molecule has 0 aliphatic carbocycles. The molecule has 0 heterocycles. The van der Waals surface area contributed by atoms with Gasteiger partial charge in [0.25, 0.3) is 0 Å². The lowest BCUT2D eigenvalue weighted by Gasteiger charge is -2.14. The van der Waals surface area contributed by atoms with Crippen LogP contribution in [0.4, 0.5) is 0 Å². The lowest BCUT2D eigenvalue weighted by atomic mass is 10.1. The van der Waals surface area contributed by atoms with Gasteiger partial charge in [0.15, 0.2) is 0 Å². The number of unbranched alkanes of at least 4 members (excludes halogenated alkanes) is 8. The van der Waals surface area contributed by atoms with Gasteiger partial charge in [-0.15, -0.1) is 0 Å². The normalized spacial score (nSPS) is 13.3. The number of hydrogen-bond donors (Lipinski definition) is 4. The van der Waals surface area contributed by atoms with E-state index >= 15 is 0 Å². The number of amides is 1. The van der Waals surface area contributed by atoms with Crippen LogP contribution in [0.2, 0.25) is 0 Å². The highest BCUT2D eigenvalue weighted by Gasteiger charge is 2.20. The zero-order chi connectivity index (χ0) is 19.6. The number of hydrogen-bond acceptors (Lipinski definition) is 6. The fraction of sp³-hybridized carbons (Fsp3) is 0.889. The summed E-state index contributed by atoms with van der Waals surface area (Å²) in [5, 5.41) is 29.4. The maximum Gasteiger partial charge on any atom is 0.327 e. The van der Waals surface area contributed by atoms with E-state index in [9.17, 15) is 9.59 Å². The van der Waals surface area contributed by atoms with Crippen LogP contribution in [0.25, 0.3) is 0 Å². The number of carboxylic acids is 1. The van der Waals surface area contributed by atoms with Crippen LogP contribution in [0.1, 0.15) is 71.1 Å². The minimum atomic E-state index is -1.12. The molecule has 26 heavy (non-hydrogen) atoms. The number of carbonyl (C=O) groups is 2. The van der Waals surface area contributed by atoms with Crippen LogP contribution in [-0.2, 0) is 13.8 Å². The fourth-order valence-corrected chi connectivity index (χ4v) is 3.04. The molecule has 0 aromatic heterocycles. The Balaban J connectivity index is 3.73. The predicted octanol–water partition coefficient (Wildman–Crippen LogP) is 2.49. The average molecular weight is 394 g/mol. The number of carbonyl (C=O) groups excluding carboxylic acids is 1. The van der Waals surface area contributed by atoms with Gasteiger partial charge in [-0.3, -0.25) is 4.79 Å². The summed E-state index contributed by atoms with van der Waals surface area (Å²) in [4.78, 5) is 23.0. The summed E-state index contributed by atoms with van der Waals surface area (Å²) in [5.41, 5.74) is 0. The van der Waals surface area contributed by atoms with Gasteiger partial charge in [-0.05, 0) is 18.5 Å². The van der Waals surface area contributed by atoms with E-state index in [1.165, 1.54) is 38.5 Å². The number of nitrogens with one attached hydrogen (secondary N) is 1. The maximum atomic E-state index is 11.9. The Hall–Kier alpha value is -0.830. The van der Waals surface area contributed by atoms with Crippen molar-refractivity contribution in [3.05, 3.63) is 0 Å². The second-order valence-corrected chi connectivity index (χ2v) is 7.25. The molecule has 2 atom stereocenters. The van der Waals surface area contributed by atoms with Crippen LogP contribution < -0.4 is 5.32 Å². The molecular formula is C18H35NO6S. The van der Waals surface area contributed by atoms with Gasteiger partial charge < -0.3 is 24.8 Å². The number of carboxylic acid groups (broad SMARTS) is 1. The van der Waals surface area contributed by atoms with Gasteiger partial charge in [0, 0.05) is 6.42 Å². The van der Waals surface area contributed by atoms with Crippen molar-refractivity contribution in [2.45, 2.75) is 83.3 Å². The van der Waals surface area contributed by atoms with Crippen molar-refractivity contribution < 1.29 is 29.1 Å². The van der Waals surface area contributed by atoms with Gasteiger partial charge in [-0.1, -0.05) is 58.3 Å². The Morgan fingerprint density at radius 1 is 1.04 bits per heavy atom. The molecule has 0 spiro atoms. The average Bonchev–Trinajstić information content (AvgIpc) is 2.62. The summed E-state index contributed by atoms with van der Waals surface area (Å²) in [6.45, 7) is 1.69. The highest BCUT2D eigenvalue weighted by molar-refractivity contribution is 7.94. The van der Waals surface area contributed by atoms with Crippen molar-refractivity contribution in [2.75, 3.05) is 19.0 Å². The molecule has 0 aliphatic rings. The quantitative estimate of drug-likeness (QED) is 0.209. The Bertz CT molecular complexity index is 370. The maximum absolute atomic E-state index is 11.9. The molecule has 0 rings (SSSR count). The van der Waals surface area contributed by atoms with E-state index in [1.807, 2.05) is 0 Å². The van der Waals surface area contributed by atoms with Gasteiger partial charge >= 0.3 is 5.97 Å². The largest absolute Gasteiger partial charge is 0.480 e. The van der Waals surface area contributed by atoms with Crippen LogP contribution in [0.3, 0.4) is 0 Å². The molecule has 4 N–H and O–H groups in total. The van der Waals surface area contributed by atoms with Crippen LogP contribution >= 0.6 is 12.0 Å². The molecule has 0 radical (unpaired) electrons. The van der Waals surface area contributed by atoms with E-state index in [0.717, 1.165) is 31.3 Å². The summed E-state index contributed by atoms with van der Waals surface area (Å²) in [6.07, 6.45) is 9.76. The smallest absolute Gasteiger partial charge is 0.327 e. The molecule has 0 saturated carbocycles. The summed E-state index contributed by atoms with van der Waals surface area (Å²) >= 11 is 0.852. The second kappa shape index (κ2) is 17.6. The van der Waals surface area contributed by atoms with Crippen molar-refractivity contribution in [3.63, 3.8) is 0 Å². The SMILES string of the molecule is CCCCCCCCCCCC(=O)N[C@@H](CSOCC(O)CO)C(=O)O. The topological polar surface area (TPSA) is 116 Å². The molecule has 154 valence electrons. The third-order valence-corrected chi connectivity index (χ3v) is 4.70. The van der Waals surface area contributed by atoms with E-state index in [1.54, 1.807) is 0 Å². The highest BCUT2D eigenvalue weighted by atomic mass is 32.2. The molecule has 1 unspecified atom stereocenters. The van der Waals surface area contributed by atoms with Gasteiger partial charge in [-0.2, -0.15) is 0 Å². The van der Waals surface area contributed by atoms with Gasteiger partial charge in [0.1, 0.15) is 12.1 Å². The molecule has 0 bridgehead atoms. The first kappa shape index (κ1) is 25.2. The number of aliphatic hydroxyl groups is 2. The Kier molecular flexibility index (Phi) is 17.0. The van der Waals surface area contributed by atoms with E-state index < -0.39 is 24.7 Å². The molecule has 0 fully saturated rings. The summed E-state index contributed by atoms with van der Waals surface area (Å²) in [6, 6.07) is -1.03. The molecule has 7 nitrogen and oxygen atoms in total. The minimum Gasteiger partial charge on any atom is -0.480 e. The van der Waals surface area contributed by atoms with E-state index in [-0.39, 0.29) is 18.3 Å². The highest BCUT2D eigenvalue weighted by Crippen LogP contribution is 2.11. The standard InChI is InChI=1S/C18H35NO6S/c1-2-3-4-5-6-7-8-9-10-11-17(22)19-16(18(23)24)14-26-25-13-15(21)12-20/h15-16,20-21H,2-14H2,1H3,(H,19,22)(H,23,24)/t15?,16-/m0/s1. The summed E-state index contributed by atoms with van der Waals surface area (Å²) in [5.74, 6) is -1.35. The monoisotopic (exact) mass is 393 g/mol. The molecule has 8 heteroatoms. The van der Waals surface area contributed by atoms with E-state index in [0.29, 0.717) is 6.42 Å². The first-order valence-corrected chi connectivity index (χ1v) is 10.5. The molecule has 0 aliphatic heterocycles. The Morgan fingerprint density at radius 2 is 1.62 bits per heavy atom. The van der Waals surface area contributed by atoms with Gasteiger partial charge in [-0.25, -0.2) is 4.79 Å². The van der Waals surface area contributed by atoms with Gasteiger partial charge in [0.05, 0.1) is 19.0 Å². The Morgan fingerprint density at radius 3 is 2.15 bits per heavy atom. The lowest BCUT2D eigenvalue weighted by molar-refractivity contribution is -0.141. The number of aliphatic carboxylic acids is 1. The molecule has 0 aromatic carbocycles. The van der Waals surface area contributed by atoms with Crippen LogP contribution in [0.15, 0.2) is 0 Å². The number of aliphatic hydroxyl groups excluding tert-OH is 2. The van der Waals surface area contributed by atoms with E-state index in [2.05, 4.69) is 12.2 Å². The fourth-order valence-electron chi connectivity index (χ4n) is 2.33. The van der Waals surface area contributed by atoms with Crippen LogP contribution in [0.5, 0.6) is 0 Å². The third kappa shape index (κ3) is 15.4. The van der Waals surface area contributed by atoms with Gasteiger partial charge in [0.2, 0.25) is 5.91 Å². The summed E-state index contributed by atoms with van der Waals surface area (Å²) in [7, 11) is 0. The number of rotatable bonds is 18. The van der Waals surface area contributed by atoms with Crippen molar-refractivity contribution in [3.8, 4) is 0 Å². The summed E-state index contributed by atoms with van der Waals surface area (Å²) < 4.78 is 5.00. The van der Waals surface area contributed by atoms with E-state index in [4.69, 9.17) is 19.5 Å². The molecule has 0 aromatic rings. The van der Waals surface area contributed by atoms with Crippen LogP contribution in [0, 0.1) is 0 Å². The van der Waals surface area contributed by atoms with Crippen molar-refractivity contribution >= 4 is 23.9 Å².